The van der Waals surface area contributed by atoms with Crippen molar-refractivity contribution in [3.63, 3.8) is 0 Å². The normalized spacial score (nSPS) is 10.6. The molecule has 0 spiro atoms. The van der Waals surface area contributed by atoms with Crippen molar-refractivity contribution in [1.82, 2.24) is 24.3 Å². The molecule has 84 valence electrons. The van der Waals surface area contributed by atoms with Crippen LogP contribution in [0, 0.1) is 0 Å². The number of nitrogens with zero attached hydrogens (tertiary/aromatic N) is 4. The average molecular weight is 222 g/mol. The van der Waals surface area contributed by atoms with Gasteiger partial charge in [-0.25, -0.2) is 9.78 Å². The standard InChI is InChI=1S/C8H10N6O2/c1-13-6(10-4-11-13)3-14-2-5(9)7(15)12-8(14)16/h2,4H,3,9H2,1H3,(H,12,15,16). The molecule has 0 unspecified atom stereocenters. The average Bonchev–Trinajstić information content (AvgIpc) is 2.61. The topological polar surface area (TPSA) is 112 Å². The van der Waals surface area contributed by atoms with Gasteiger partial charge < -0.3 is 5.73 Å². The molecule has 2 aromatic heterocycles. The molecular formula is C8H10N6O2. The fourth-order valence-corrected chi connectivity index (χ4v) is 1.26. The second-order valence-corrected chi connectivity index (χ2v) is 3.27. The van der Waals surface area contributed by atoms with E-state index < -0.39 is 11.2 Å². The maximum absolute atomic E-state index is 11.4. The molecule has 2 rings (SSSR count). The first-order chi connectivity index (χ1) is 7.58. The van der Waals surface area contributed by atoms with Crippen molar-refractivity contribution in [3.05, 3.63) is 39.2 Å². The van der Waals surface area contributed by atoms with E-state index in [4.69, 9.17) is 5.73 Å². The number of rotatable bonds is 2. The highest BCUT2D eigenvalue weighted by atomic mass is 16.2. The number of aromatic nitrogens is 5. The number of hydrogen-bond acceptors (Lipinski definition) is 5. The Labute approximate surface area is 89.4 Å². The third-order valence-corrected chi connectivity index (χ3v) is 2.16. The van der Waals surface area contributed by atoms with E-state index in [1.165, 1.54) is 21.8 Å². The summed E-state index contributed by atoms with van der Waals surface area (Å²) in [7, 11) is 1.71. The van der Waals surface area contributed by atoms with Gasteiger partial charge in [-0.2, -0.15) is 5.10 Å². The smallest absolute Gasteiger partial charge is 0.328 e. The van der Waals surface area contributed by atoms with Gasteiger partial charge in [0.25, 0.3) is 5.56 Å². The number of hydrogen-bond donors (Lipinski definition) is 2. The molecule has 3 N–H and O–H groups in total. The van der Waals surface area contributed by atoms with Gasteiger partial charge in [0.15, 0.2) is 0 Å². The van der Waals surface area contributed by atoms with Crippen molar-refractivity contribution < 1.29 is 0 Å². The van der Waals surface area contributed by atoms with Crippen LogP contribution in [0.3, 0.4) is 0 Å². The summed E-state index contributed by atoms with van der Waals surface area (Å²) in [6, 6.07) is 0. The van der Waals surface area contributed by atoms with Gasteiger partial charge in [-0.1, -0.05) is 0 Å². The summed E-state index contributed by atoms with van der Waals surface area (Å²) >= 11 is 0. The van der Waals surface area contributed by atoms with Crippen molar-refractivity contribution in [3.8, 4) is 0 Å². The van der Waals surface area contributed by atoms with E-state index in [1.54, 1.807) is 7.05 Å². The van der Waals surface area contributed by atoms with Gasteiger partial charge in [0.2, 0.25) is 0 Å². The maximum atomic E-state index is 11.4. The number of nitrogen functional groups attached to an aromatic ring is 1. The first kappa shape index (κ1) is 10.1. The van der Waals surface area contributed by atoms with Gasteiger partial charge in [-0.05, 0) is 0 Å². The van der Waals surface area contributed by atoms with Crippen molar-refractivity contribution in [1.29, 1.82) is 0 Å². The molecule has 0 aliphatic rings. The van der Waals surface area contributed by atoms with Crippen LogP contribution >= 0.6 is 0 Å². The van der Waals surface area contributed by atoms with Crippen LogP contribution in [0.1, 0.15) is 5.82 Å². The number of aromatic amines is 1. The minimum absolute atomic E-state index is 0.0123. The lowest BCUT2D eigenvalue weighted by Gasteiger charge is -2.04. The van der Waals surface area contributed by atoms with E-state index in [9.17, 15) is 9.59 Å². The zero-order chi connectivity index (χ0) is 11.7. The highest BCUT2D eigenvalue weighted by molar-refractivity contribution is 5.30. The van der Waals surface area contributed by atoms with E-state index in [0.29, 0.717) is 5.82 Å². The summed E-state index contributed by atoms with van der Waals surface area (Å²) in [5, 5.41) is 3.87. The van der Waals surface area contributed by atoms with Crippen LogP contribution < -0.4 is 17.0 Å². The summed E-state index contributed by atoms with van der Waals surface area (Å²) < 4.78 is 2.80. The summed E-state index contributed by atoms with van der Waals surface area (Å²) in [5.74, 6) is 0.591. The first-order valence-electron chi connectivity index (χ1n) is 4.50. The Morgan fingerprint density at radius 1 is 1.50 bits per heavy atom. The van der Waals surface area contributed by atoms with Gasteiger partial charge in [0.1, 0.15) is 17.8 Å². The van der Waals surface area contributed by atoms with Crippen molar-refractivity contribution in [2.24, 2.45) is 7.05 Å². The molecule has 16 heavy (non-hydrogen) atoms. The van der Waals surface area contributed by atoms with Crippen molar-refractivity contribution in [2.75, 3.05) is 5.73 Å². The minimum Gasteiger partial charge on any atom is -0.393 e. The van der Waals surface area contributed by atoms with Crippen LogP contribution in [-0.2, 0) is 13.6 Å². The Kier molecular flexibility index (Phi) is 2.31. The molecule has 2 heterocycles. The van der Waals surface area contributed by atoms with Gasteiger partial charge in [0.05, 0.1) is 6.54 Å². The monoisotopic (exact) mass is 222 g/mol. The van der Waals surface area contributed by atoms with Crippen molar-refractivity contribution >= 4 is 5.69 Å². The van der Waals surface area contributed by atoms with E-state index in [0.717, 1.165) is 0 Å². The van der Waals surface area contributed by atoms with E-state index in [1.807, 2.05) is 0 Å². The molecule has 0 atom stereocenters. The Hall–Kier alpha value is -2.38. The third kappa shape index (κ3) is 1.72. The zero-order valence-corrected chi connectivity index (χ0v) is 8.54. The van der Waals surface area contributed by atoms with Crippen LogP contribution in [0.4, 0.5) is 5.69 Å². The predicted octanol–water partition coefficient (Wildman–Crippen LogP) is -1.70. The van der Waals surface area contributed by atoms with Gasteiger partial charge in [0, 0.05) is 13.2 Å². The minimum atomic E-state index is -0.584. The largest absolute Gasteiger partial charge is 0.393 e. The zero-order valence-electron chi connectivity index (χ0n) is 8.54. The second kappa shape index (κ2) is 3.65. The SMILES string of the molecule is Cn1ncnc1Cn1cc(N)c(=O)[nH]c1=O. The van der Waals surface area contributed by atoms with Gasteiger partial charge >= 0.3 is 5.69 Å². The Morgan fingerprint density at radius 2 is 2.25 bits per heavy atom. The lowest BCUT2D eigenvalue weighted by atomic mass is 10.5. The molecule has 8 nitrogen and oxygen atoms in total. The Balaban J connectivity index is 2.43. The van der Waals surface area contributed by atoms with Crippen LogP contribution in [0.15, 0.2) is 22.1 Å². The predicted molar refractivity (Wildman–Crippen MR) is 55.8 cm³/mol. The lowest BCUT2D eigenvalue weighted by molar-refractivity contribution is 0.629. The molecule has 0 aromatic carbocycles. The summed E-state index contributed by atoms with van der Waals surface area (Å²) in [6.07, 6.45) is 2.67. The second-order valence-electron chi connectivity index (χ2n) is 3.27. The first-order valence-corrected chi connectivity index (χ1v) is 4.50. The molecule has 0 amide bonds. The molecule has 0 fully saturated rings. The fourth-order valence-electron chi connectivity index (χ4n) is 1.26. The van der Waals surface area contributed by atoms with Crippen LogP contribution in [0.25, 0.3) is 0 Å². The van der Waals surface area contributed by atoms with Crippen LogP contribution in [0.5, 0.6) is 0 Å². The molecular weight excluding hydrogens is 212 g/mol. The number of anilines is 1. The quantitative estimate of drug-likeness (QED) is 0.628. The highest BCUT2D eigenvalue weighted by Gasteiger charge is 2.05. The number of nitrogens with two attached hydrogens (primary N) is 1. The van der Waals surface area contributed by atoms with E-state index in [2.05, 4.69) is 15.1 Å². The Bertz CT molecular complexity index is 622. The molecule has 0 saturated heterocycles. The number of nitrogens with one attached hydrogen (secondary N) is 1. The Morgan fingerprint density at radius 3 is 2.88 bits per heavy atom. The third-order valence-electron chi connectivity index (χ3n) is 2.16. The van der Waals surface area contributed by atoms with Crippen LogP contribution in [0.2, 0.25) is 0 Å². The molecule has 0 aliphatic carbocycles. The number of aryl methyl sites for hydroxylation is 1. The van der Waals surface area contributed by atoms with E-state index >= 15 is 0 Å². The molecule has 0 saturated carbocycles. The van der Waals surface area contributed by atoms with Gasteiger partial charge in [-0.3, -0.25) is 19.0 Å². The fraction of sp³-hybridized carbons (Fsp3) is 0.250. The molecule has 0 aliphatic heterocycles. The maximum Gasteiger partial charge on any atom is 0.328 e. The molecule has 0 bridgehead atoms. The van der Waals surface area contributed by atoms with E-state index in [-0.39, 0.29) is 12.2 Å². The molecule has 2 aromatic rings. The van der Waals surface area contributed by atoms with Crippen molar-refractivity contribution in [2.45, 2.75) is 6.54 Å². The molecule has 0 radical (unpaired) electrons. The molecule has 8 heteroatoms. The number of H-pyrrole nitrogens is 1. The van der Waals surface area contributed by atoms with Crippen LogP contribution in [-0.4, -0.2) is 24.3 Å². The highest BCUT2D eigenvalue weighted by Crippen LogP contribution is 1.95. The summed E-state index contributed by atoms with van der Waals surface area (Å²) in [5.41, 5.74) is 4.29. The summed E-state index contributed by atoms with van der Waals surface area (Å²) in [4.78, 5) is 28.5. The summed E-state index contributed by atoms with van der Waals surface area (Å²) in [6.45, 7) is 0.205. The lowest BCUT2D eigenvalue weighted by Crippen LogP contribution is -2.31. The van der Waals surface area contributed by atoms with Gasteiger partial charge in [-0.15, -0.1) is 0 Å².